The van der Waals surface area contributed by atoms with Crippen LogP contribution in [0.25, 0.3) is 16.9 Å². The molecule has 0 amide bonds. The normalized spacial score (nSPS) is 13.6. The number of hydrogen-bond donors (Lipinski definition) is 1. The van der Waals surface area contributed by atoms with Crippen molar-refractivity contribution in [3.63, 3.8) is 0 Å². The minimum absolute atomic E-state index is 0.478. The monoisotopic (exact) mass is 397 g/mol. The highest BCUT2D eigenvalue weighted by Crippen LogP contribution is 2.37. The number of nitrogens with one attached hydrogen (secondary N) is 1. The highest BCUT2D eigenvalue weighted by molar-refractivity contribution is 6.34. The lowest BCUT2D eigenvalue weighted by atomic mass is 10.0. The summed E-state index contributed by atoms with van der Waals surface area (Å²) in [5.74, 6) is 0.804. The van der Waals surface area contributed by atoms with Crippen molar-refractivity contribution in [3.8, 4) is 16.9 Å². The van der Waals surface area contributed by atoms with Crippen molar-refractivity contribution in [1.82, 2.24) is 9.78 Å². The molecule has 4 rings (SSSR count). The minimum Gasteiger partial charge on any atom is -0.369 e. The highest BCUT2D eigenvalue weighted by Gasteiger charge is 2.30. The lowest BCUT2D eigenvalue weighted by Crippen LogP contribution is -2.05. The first kappa shape index (κ1) is 17.2. The first-order valence-electron chi connectivity index (χ1n) is 7.83. The number of rotatable bonds is 2. The van der Waals surface area contributed by atoms with Crippen LogP contribution in [0.4, 0.5) is 19.0 Å². The zero-order valence-corrected chi connectivity index (χ0v) is 14.8. The maximum absolute atomic E-state index is 12.8. The highest BCUT2D eigenvalue weighted by atomic mass is 35.5. The van der Waals surface area contributed by atoms with E-state index in [-0.39, 0.29) is 0 Å². The van der Waals surface area contributed by atoms with Gasteiger partial charge in [0, 0.05) is 27.7 Å². The predicted octanol–water partition coefficient (Wildman–Crippen LogP) is 5.83. The van der Waals surface area contributed by atoms with Crippen LogP contribution >= 0.6 is 23.2 Å². The average molecular weight is 398 g/mol. The van der Waals surface area contributed by atoms with Crippen LogP contribution in [0.3, 0.4) is 0 Å². The fourth-order valence-electron chi connectivity index (χ4n) is 3.07. The van der Waals surface area contributed by atoms with E-state index in [0.717, 1.165) is 36.5 Å². The topological polar surface area (TPSA) is 29.9 Å². The molecular formula is C18H12Cl2F3N3. The Bertz CT molecular complexity index is 958. The summed E-state index contributed by atoms with van der Waals surface area (Å²) in [4.78, 5) is 0. The SMILES string of the molecule is FC(F)(F)c1ccc(-c2nn(-c3cc(Cl)cc(Cl)c3)c3c2CCN3)cc1. The van der Waals surface area contributed by atoms with Crippen molar-refractivity contribution in [2.24, 2.45) is 0 Å². The maximum atomic E-state index is 12.8. The van der Waals surface area contributed by atoms with Gasteiger partial charge in [0.15, 0.2) is 0 Å². The standard InChI is InChI=1S/C18H12Cl2F3N3/c19-12-7-13(20)9-14(8-12)26-17-15(5-6-24-17)16(25-26)10-1-3-11(4-2-10)18(21,22)23/h1-4,7-9,24H,5-6H2. The molecule has 0 radical (unpaired) electrons. The summed E-state index contributed by atoms with van der Waals surface area (Å²) in [6.07, 6.45) is -3.63. The summed E-state index contributed by atoms with van der Waals surface area (Å²) in [7, 11) is 0. The quantitative estimate of drug-likeness (QED) is 0.589. The molecule has 2 heterocycles. The summed E-state index contributed by atoms with van der Waals surface area (Å²) in [5.41, 5.74) is 2.24. The molecule has 1 aliphatic rings. The summed E-state index contributed by atoms with van der Waals surface area (Å²) >= 11 is 12.2. The van der Waals surface area contributed by atoms with Crippen LogP contribution < -0.4 is 5.32 Å². The van der Waals surface area contributed by atoms with E-state index in [4.69, 9.17) is 23.2 Å². The molecule has 0 bridgehead atoms. The summed E-state index contributed by atoms with van der Waals surface area (Å²) in [6.45, 7) is 0.731. The van der Waals surface area contributed by atoms with Gasteiger partial charge in [-0.1, -0.05) is 35.3 Å². The molecule has 1 N–H and O–H groups in total. The first-order valence-corrected chi connectivity index (χ1v) is 8.58. The molecule has 0 fully saturated rings. The third kappa shape index (κ3) is 3.04. The molecular weight excluding hydrogens is 386 g/mol. The van der Waals surface area contributed by atoms with Gasteiger partial charge in [-0.15, -0.1) is 0 Å². The molecule has 0 saturated carbocycles. The van der Waals surface area contributed by atoms with E-state index in [1.165, 1.54) is 12.1 Å². The van der Waals surface area contributed by atoms with Gasteiger partial charge in [-0.05, 0) is 36.8 Å². The first-order chi connectivity index (χ1) is 12.3. The van der Waals surface area contributed by atoms with Crippen molar-refractivity contribution in [2.45, 2.75) is 12.6 Å². The van der Waals surface area contributed by atoms with Gasteiger partial charge in [0.1, 0.15) is 5.82 Å². The smallest absolute Gasteiger partial charge is 0.369 e. The van der Waals surface area contributed by atoms with Crippen LogP contribution in [0.5, 0.6) is 0 Å². The Morgan fingerprint density at radius 3 is 2.27 bits per heavy atom. The predicted molar refractivity (Wildman–Crippen MR) is 96.2 cm³/mol. The second kappa shape index (κ2) is 6.21. The molecule has 1 aliphatic heterocycles. The fraction of sp³-hybridized carbons (Fsp3) is 0.167. The molecule has 0 unspecified atom stereocenters. The molecule has 134 valence electrons. The van der Waals surface area contributed by atoms with Gasteiger partial charge < -0.3 is 5.32 Å². The molecule has 2 aromatic carbocycles. The van der Waals surface area contributed by atoms with Gasteiger partial charge in [-0.2, -0.15) is 18.3 Å². The Morgan fingerprint density at radius 1 is 1.00 bits per heavy atom. The van der Waals surface area contributed by atoms with Gasteiger partial charge in [0.05, 0.1) is 16.9 Å². The van der Waals surface area contributed by atoms with E-state index in [0.29, 0.717) is 27.0 Å². The number of benzene rings is 2. The average Bonchev–Trinajstić information content (AvgIpc) is 3.15. The van der Waals surface area contributed by atoms with Crippen molar-refractivity contribution < 1.29 is 13.2 Å². The van der Waals surface area contributed by atoms with Crippen molar-refractivity contribution in [1.29, 1.82) is 0 Å². The molecule has 0 saturated heterocycles. The van der Waals surface area contributed by atoms with E-state index < -0.39 is 11.7 Å². The summed E-state index contributed by atoms with van der Waals surface area (Å²) in [6, 6.07) is 10.1. The van der Waals surface area contributed by atoms with Crippen molar-refractivity contribution in [2.75, 3.05) is 11.9 Å². The van der Waals surface area contributed by atoms with Crippen LogP contribution in [0.1, 0.15) is 11.1 Å². The fourth-order valence-corrected chi connectivity index (χ4v) is 3.59. The van der Waals surface area contributed by atoms with Gasteiger partial charge in [-0.3, -0.25) is 0 Å². The number of halogens is 5. The van der Waals surface area contributed by atoms with Crippen molar-refractivity contribution >= 4 is 29.0 Å². The number of anilines is 1. The molecule has 3 aromatic rings. The largest absolute Gasteiger partial charge is 0.416 e. The van der Waals surface area contributed by atoms with Crippen LogP contribution in [0.15, 0.2) is 42.5 Å². The number of alkyl halides is 3. The molecule has 0 aliphatic carbocycles. The van der Waals surface area contributed by atoms with E-state index in [2.05, 4.69) is 10.4 Å². The Balaban J connectivity index is 1.81. The zero-order valence-electron chi connectivity index (χ0n) is 13.2. The molecule has 0 atom stereocenters. The Morgan fingerprint density at radius 2 is 1.65 bits per heavy atom. The van der Waals surface area contributed by atoms with Gasteiger partial charge in [0.25, 0.3) is 0 Å². The maximum Gasteiger partial charge on any atom is 0.416 e. The summed E-state index contributed by atoms with van der Waals surface area (Å²) in [5, 5.41) is 8.82. The Labute approximate surface area is 157 Å². The molecule has 0 spiro atoms. The van der Waals surface area contributed by atoms with Crippen LogP contribution in [-0.4, -0.2) is 16.3 Å². The lowest BCUT2D eigenvalue weighted by molar-refractivity contribution is -0.137. The Kier molecular flexibility index (Phi) is 4.12. The summed E-state index contributed by atoms with van der Waals surface area (Å²) < 4.78 is 40.1. The number of aromatic nitrogens is 2. The third-order valence-corrected chi connectivity index (χ3v) is 4.66. The third-order valence-electron chi connectivity index (χ3n) is 4.23. The number of hydrogen-bond acceptors (Lipinski definition) is 2. The number of fused-ring (bicyclic) bond motifs is 1. The van der Waals surface area contributed by atoms with Crippen molar-refractivity contribution in [3.05, 3.63) is 63.6 Å². The van der Waals surface area contributed by atoms with Gasteiger partial charge in [0.2, 0.25) is 0 Å². The van der Waals surface area contributed by atoms with E-state index in [1.54, 1.807) is 22.9 Å². The van der Waals surface area contributed by atoms with E-state index in [1.807, 2.05) is 0 Å². The molecule has 8 heteroatoms. The molecule has 3 nitrogen and oxygen atoms in total. The van der Waals surface area contributed by atoms with Gasteiger partial charge >= 0.3 is 6.18 Å². The van der Waals surface area contributed by atoms with E-state index >= 15 is 0 Å². The lowest BCUT2D eigenvalue weighted by Gasteiger charge is -2.08. The second-order valence-corrected chi connectivity index (χ2v) is 6.84. The van der Waals surface area contributed by atoms with Crippen LogP contribution in [-0.2, 0) is 12.6 Å². The van der Waals surface area contributed by atoms with E-state index in [9.17, 15) is 13.2 Å². The second-order valence-electron chi connectivity index (χ2n) is 5.97. The minimum atomic E-state index is -4.36. The zero-order chi connectivity index (χ0) is 18.5. The molecule has 1 aromatic heterocycles. The Hall–Kier alpha value is -2.18. The number of nitrogens with zero attached hydrogens (tertiary/aromatic N) is 2. The molecule has 26 heavy (non-hydrogen) atoms. The van der Waals surface area contributed by atoms with Crippen LogP contribution in [0.2, 0.25) is 10.0 Å². The van der Waals surface area contributed by atoms with Gasteiger partial charge in [-0.25, -0.2) is 4.68 Å². The van der Waals surface area contributed by atoms with Crippen LogP contribution in [0, 0.1) is 0 Å².